The van der Waals surface area contributed by atoms with Crippen LogP contribution in [0, 0.1) is 11.8 Å². The molecule has 2 nitrogen and oxygen atoms in total. The third-order valence-corrected chi connectivity index (χ3v) is 4.62. The summed E-state index contributed by atoms with van der Waals surface area (Å²) in [7, 11) is 0. The highest BCUT2D eigenvalue weighted by Gasteiger charge is 2.57. The van der Waals surface area contributed by atoms with Crippen molar-refractivity contribution in [2.45, 2.75) is 57.8 Å². The Morgan fingerprint density at radius 3 is 2.54 bits per heavy atom. The first-order chi connectivity index (χ1) is 5.88. The predicted molar refractivity (Wildman–Crippen MR) is 51.5 cm³/mol. The molecule has 2 rings (SSSR count). The molecule has 2 aliphatic rings. The molecular weight excluding hydrogens is 164 g/mol. The molecule has 0 radical (unpaired) electrons. The van der Waals surface area contributed by atoms with Crippen LogP contribution >= 0.6 is 0 Å². The molecule has 2 heteroatoms. The second kappa shape index (κ2) is 2.48. The Bertz CT molecular complexity index is 224. The maximum atomic E-state index is 10.4. The first kappa shape index (κ1) is 9.47. The molecule has 1 N–H and O–H groups in total. The lowest BCUT2D eigenvalue weighted by Crippen LogP contribution is -2.57. The summed E-state index contributed by atoms with van der Waals surface area (Å²) in [4.78, 5) is 0. The van der Waals surface area contributed by atoms with E-state index in [4.69, 9.17) is 4.74 Å². The van der Waals surface area contributed by atoms with Crippen molar-refractivity contribution in [1.82, 2.24) is 0 Å². The Labute approximate surface area is 80.3 Å². The lowest BCUT2D eigenvalue weighted by atomic mass is 9.70. The van der Waals surface area contributed by atoms with E-state index >= 15 is 0 Å². The predicted octanol–water partition coefficient (Wildman–Crippen LogP) is 1.96. The van der Waals surface area contributed by atoms with Crippen LogP contribution in [0.5, 0.6) is 0 Å². The van der Waals surface area contributed by atoms with E-state index in [1.807, 2.05) is 6.92 Å². The van der Waals surface area contributed by atoms with Gasteiger partial charge in [0.2, 0.25) is 0 Å². The largest absolute Gasteiger partial charge is 0.389 e. The molecule has 2 aliphatic heterocycles. The van der Waals surface area contributed by atoms with Crippen molar-refractivity contribution in [1.29, 1.82) is 0 Å². The molecule has 0 unspecified atom stereocenters. The van der Waals surface area contributed by atoms with E-state index in [1.54, 1.807) is 0 Å². The summed E-state index contributed by atoms with van der Waals surface area (Å²) in [5.41, 5.74) is -0.644. The third kappa shape index (κ3) is 1.08. The highest BCUT2D eigenvalue weighted by atomic mass is 16.5. The van der Waals surface area contributed by atoms with Crippen molar-refractivity contribution < 1.29 is 9.84 Å². The number of hydrogen-bond acceptors (Lipinski definition) is 2. The molecule has 2 heterocycles. The summed E-state index contributed by atoms with van der Waals surface area (Å²) in [5.74, 6) is 0.492. The highest BCUT2D eigenvalue weighted by molar-refractivity contribution is 5.06. The van der Waals surface area contributed by atoms with E-state index in [2.05, 4.69) is 20.8 Å². The summed E-state index contributed by atoms with van der Waals surface area (Å²) in [6.45, 7) is 8.31. The summed E-state index contributed by atoms with van der Waals surface area (Å²) in [5, 5.41) is 10.4. The fourth-order valence-corrected chi connectivity index (χ4v) is 2.95. The molecule has 76 valence electrons. The molecule has 0 spiro atoms. The second-order valence-electron chi connectivity index (χ2n) is 5.24. The molecule has 0 aromatic rings. The molecule has 2 fully saturated rings. The van der Waals surface area contributed by atoms with E-state index < -0.39 is 5.60 Å². The molecule has 0 aromatic carbocycles. The van der Waals surface area contributed by atoms with Gasteiger partial charge in [0.15, 0.2) is 0 Å². The first-order valence-corrected chi connectivity index (χ1v) is 5.28. The normalized spacial score (nSPS) is 61.2. The third-order valence-electron chi connectivity index (χ3n) is 4.62. The average molecular weight is 184 g/mol. The Kier molecular flexibility index (Phi) is 1.81. The lowest BCUT2D eigenvalue weighted by Gasteiger charge is -2.49. The molecule has 5 atom stereocenters. The van der Waals surface area contributed by atoms with Gasteiger partial charge in [0.1, 0.15) is 0 Å². The molecule has 0 aliphatic carbocycles. The summed E-state index contributed by atoms with van der Waals surface area (Å²) in [6, 6.07) is 0. The van der Waals surface area contributed by atoms with Crippen LogP contribution in [-0.4, -0.2) is 22.4 Å². The summed E-state index contributed by atoms with van der Waals surface area (Å²) >= 11 is 0. The monoisotopic (exact) mass is 184 g/mol. The van der Waals surface area contributed by atoms with Crippen LogP contribution in [0.4, 0.5) is 0 Å². The average Bonchev–Trinajstić information content (AvgIpc) is 2.43. The van der Waals surface area contributed by atoms with Gasteiger partial charge in [-0.3, -0.25) is 0 Å². The maximum absolute atomic E-state index is 10.4. The van der Waals surface area contributed by atoms with Crippen LogP contribution in [0.2, 0.25) is 0 Å². The van der Waals surface area contributed by atoms with Crippen LogP contribution in [0.3, 0.4) is 0 Å². The second-order valence-corrected chi connectivity index (χ2v) is 5.24. The SMILES string of the molecule is C[C@@H]1[C@@H]2CC[C@@](C)(O2)[C@H](C)[C@]1(C)O. The van der Waals surface area contributed by atoms with Crippen molar-refractivity contribution in [3.8, 4) is 0 Å². The molecule has 0 aromatic heterocycles. The van der Waals surface area contributed by atoms with E-state index in [1.165, 1.54) is 0 Å². The molecular formula is C11H20O2. The van der Waals surface area contributed by atoms with Gasteiger partial charge in [-0.15, -0.1) is 0 Å². The van der Waals surface area contributed by atoms with Crippen LogP contribution in [0.15, 0.2) is 0 Å². The standard InChI is InChI=1S/C11H20O2/c1-7-9-5-6-10(3,13-9)8(2)11(7,4)12/h7-9,12H,5-6H2,1-4H3/t7-,8+,9+,10-,11-/m1/s1. The van der Waals surface area contributed by atoms with Gasteiger partial charge in [-0.2, -0.15) is 0 Å². The topological polar surface area (TPSA) is 29.5 Å². The maximum Gasteiger partial charge on any atom is 0.0722 e. The number of rotatable bonds is 0. The van der Waals surface area contributed by atoms with Gasteiger partial charge in [-0.05, 0) is 26.7 Å². The molecule has 0 saturated carbocycles. The minimum absolute atomic E-state index is 0.0827. The minimum atomic E-state index is -0.561. The van der Waals surface area contributed by atoms with E-state index in [9.17, 15) is 5.11 Å². The van der Waals surface area contributed by atoms with Crippen LogP contribution in [0.25, 0.3) is 0 Å². The van der Waals surface area contributed by atoms with E-state index in [0.717, 1.165) is 12.8 Å². The van der Waals surface area contributed by atoms with E-state index in [0.29, 0.717) is 0 Å². The van der Waals surface area contributed by atoms with E-state index in [-0.39, 0.29) is 23.5 Å². The molecule has 2 bridgehead atoms. The number of aliphatic hydroxyl groups is 1. The number of ether oxygens (including phenoxy) is 1. The van der Waals surface area contributed by atoms with Gasteiger partial charge in [0.05, 0.1) is 17.3 Å². The number of hydrogen-bond donors (Lipinski definition) is 1. The van der Waals surface area contributed by atoms with Gasteiger partial charge in [-0.25, -0.2) is 0 Å². The summed E-state index contributed by atoms with van der Waals surface area (Å²) < 4.78 is 5.98. The quantitative estimate of drug-likeness (QED) is 0.623. The van der Waals surface area contributed by atoms with Crippen LogP contribution in [-0.2, 0) is 4.74 Å². The molecule has 0 amide bonds. The van der Waals surface area contributed by atoms with Gasteiger partial charge < -0.3 is 9.84 Å². The number of fused-ring (bicyclic) bond motifs is 2. The van der Waals surface area contributed by atoms with Crippen molar-refractivity contribution in [3.05, 3.63) is 0 Å². The lowest BCUT2D eigenvalue weighted by molar-refractivity contribution is -0.218. The zero-order chi connectivity index (χ0) is 9.85. The van der Waals surface area contributed by atoms with Crippen LogP contribution in [0.1, 0.15) is 40.5 Å². The van der Waals surface area contributed by atoms with Gasteiger partial charge >= 0.3 is 0 Å². The Morgan fingerprint density at radius 2 is 1.92 bits per heavy atom. The summed E-state index contributed by atoms with van der Waals surface area (Å²) in [6.07, 6.45) is 2.48. The Hall–Kier alpha value is -0.0800. The molecule has 13 heavy (non-hydrogen) atoms. The smallest absolute Gasteiger partial charge is 0.0722 e. The van der Waals surface area contributed by atoms with Crippen molar-refractivity contribution in [3.63, 3.8) is 0 Å². The van der Waals surface area contributed by atoms with Gasteiger partial charge in [-0.1, -0.05) is 13.8 Å². The van der Waals surface area contributed by atoms with Crippen LogP contribution < -0.4 is 0 Å². The fraction of sp³-hybridized carbons (Fsp3) is 1.00. The zero-order valence-electron chi connectivity index (χ0n) is 9.00. The van der Waals surface area contributed by atoms with Crippen molar-refractivity contribution in [2.24, 2.45) is 11.8 Å². The highest BCUT2D eigenvalue weighted by Crippen LogP contribution is 2.51. The molecule has 2 saturated heterocycles. The Balaban J connectivity index is 2.35. The van der Waals surface area contributed by atoms with Gasteiger partial charge in [0.25, 0.3) is 0 Å². The Morgan fingerprint density at radius 1 is 1.31 bits per heavy atom. The zero-order valence-corrected chi connectivity index (χ0v) is 9.00. The van der Waals surface area contributed by atoms with Crippen molar-refractivity contribution in [2.75, 3.05) is 0 Å². The minimum Gasteiger partial charge on any atom is -0.389 e. The van der Waals surface area contributed by atoms with Gasteiger partial charge in [0, 0.05) is 11.8 Å². The first-order valence-electron chi connectivity index (χ1n) is 5.28. The van der Waals surface area contributed by atoms with Crippen molar-refractivity contribution >= 4 is 0 Å². The fourth-order valence-electron chi connectivity index (χ4n) is 2.95.